The molecule has 0 amide bonds. The van der Waals surface area contributed by atoms with Crippen LogP contribution in [0.3, 0.4) is 0 Å². The first-order valence-corrected chi connectivity index (χ1v) is 5.08. The summed E-state index contributed by atoms with van der Waals surface area (Å²) in [5.74, 6) is -1.64. The van der Waals surface area contributed by atoms with Gasteiger partial charge in [0.1, 0.15) is 11.4 Å². The second-order valence-corrected chi connectivity index (χ2v) is 4.30. The van der Waals surface area contributed by atoms with Crippen LogP contribution in [0, 0.1) is 0 Å². The van der Waals surface area contributed by atoms with E-state index < -0.39 is 29.1 Å². The van der Waals surface area contributed by atoms with Crippen LogP contribution in [0.15, 0.2) is 18.3 Å². The van der Waals surface area contributed by atoms with Crippen LogP contribution in [0.1, 0.15) is 19.4 Å². The second kappa shape index (κ2) is 4.47. The molecule has 0 saturated carbocycles. The summed E-state index contributed by atoms with van der Waals surface area (Å²) in [5, 5.41) is 9.02. The van der Waals surface area contributed by atoms with E-state index in [0.717, 1.165) is 17.0 Å². The number of hydrogen-bond donors (Lipinski definition) is 1. The van der Waals surface area contributed by atoms with E-state index >= 15 is 0 Å². The summed E-state index contributed by atoms with van der Waals surface area (Å²) in [5.41, 5.74) is -2.45. The molecule has 0 aliphatic heterocycles. The second-order valence-electron chi connectivity index (χ2n) is 4.30. The van der Waals surface area contributed by atoms with Gasteiger partial charge < -0.3 is 10.0 Å². The number of hydrogen-bond acceptors (Lipinski definition) is 3. The zero-order valence-corrected chi connectivity index (χ0v) is 10.1. The fourth-order valence-electron chi connectivity index (χ4n) is 1.29. The molecule has 1 aromatic rings. The highest BCUT2D eigenvalue weighted by molar-refractivity contribution is 5.82. The Bertz CT molecular complexity index is 458. The van der Waals surface area contributed by atoms with Crippen LogP contribution in [-0.4, -0.2) is 28.6 Å². The van der Waals surface area contributed by atoms with Gasteiger partial charge in [-0.2, -0.15) is 13.2 Å². The summed E-state index contributed by atoms with van der Waals surface area (Å²) in [6.07, 6.45) is -3.38. The van der Waals surface area contributed by atoms with Gasteiger partial charge in [-0.25, -0.2) is 9.78 Å². The molecule has 0 fully saturated rings. The lowest BCUT2D eigenvalue weighted by molar-refractivity contribution is -0.143. The molecule has 0 aromatic carbocycles. The first-order chi connectivity index (χ1) is 8.08. The van der Waals surface area contributed by atoms with Crippen LogP contribution in [0.5, 0.6) is 0 Å². The normalized spacial score (nSPS) is 12.3. The van der Waals surface area contributed by atoms with Crippen molar-refractivity contribution in [2.24, 2.45) is 0 Å². The molecule has 1 aromatic heterocycles. The van der Waals surface area contributed by atoms with E-state index in [4.69, 9.17) is 5.11 Å². The Hall–Kier alpha value is -1.79. The van der Waals surface area contributed by atoms with E-state index in [1.165, 1.54) is 27.1 Å². The monoisotopic (exact) mass is 262 g/mol. The smallest absolute Gasteiger partial charge is 0.419 e. The maximum atomic E-state index is 12.8. The van der Waals surface area contributed by atoms with E-state index in [1.807, 2.05) is 0 Å². The largest absolute Gasteiger partial charge is 0.480 e. The third-order valence-electron chi connectivity index (χ3n) is 2.77. The van der Waals surface area contributed by atoms with Crippen molar-refractivity contribution in [2.45, 2.75) is 25.6 Å². The van der Waals surface area contributed by atoms with E-state index in [9.17, 15) is 18.0 Å². The third-order valence-corrected chi connectivity index (χ3v) is 2.77. The Morgan fingerprint density at radius 3 is 2.39 bits per heavy atom. The SMILES string of the molecule is CN(c1ncccc1C(F)(F)F)C(C)(C)C(=O)O. The van der Waals surface area contributed by atoms with Crippen molar-refractivity contribution in [1.29, 1.82) is 0 Å². The van der Waals surface area contributed by atoms with E-state index in [2.05, 4.69) is 4.98 Å². The number of halogens is 3. The highest BCUT2D eigenvalue weighted by Gasteiger charge is 2.40. The number of rotatable bonds is 3. The number of nitrogens with zero attached hydrogens (tertiary/aromatic N) is 2. The minimum Gasteiger partial charge on any atom is -0.480 e. The molecule has 0 aliphatic rings. The van der Waals surface area contributed by atoms with Crippen LogP contribution in [0.4, 0.5) is 19.0 Å². The van der Waals surface area contributed by atoms with Gasteiger partial charge in [0, 0.05) is 13.2 Å². The molecule has 1 heterocycles. The van der Waals surface area contributed by atoms with Crippen molar-refractivity contribution in [1.82, 2.24) is 4.98 Å². The number of alkyl halides is 3. The zero-order valence-electron chi connectivity index (χ0n) is 10.1. The molecule has 0 atom stereocenters. The van der Waals surface area contributed by atoms with Crippen LogP contribution < -0.4 is 4.90 Å². The summed E-state index contributed by atoms with van der Waals surface area (Å²) in [4.78, 5) is 15.7. The van der Waals surface area contributed by atoms with Crippen molar-refractivity contribution < 1.29 is 23.1 Å². The van der Waals surface area contributed by atoms with Crippen LogP contribution in [-0.2, 0) is 11.0 Å². The molecule has 18 heavy (non-hydrogen) atoms. The number of aliphatic carboxylic acids is 1. The lowest BCUT2D eigenvalue weighted by Gasteiger charge is -2.33. The first kappa shape index (κ1) is 14.3. The Morgan fingerprint density at radius 1 is 1.39 bits per heavy atom. The molecule has 0 saturated heterocycles. The minimum absolute atomic E-state index is 0.405. The van der Waals surface area contributed by atoms with Gasteiger partial charge >= 0.3 is 12.1 Å². The average Bonchev–Trinajstić information content (AvgIpc) is 2.26. The van der Waals surface area contributed by atoms with Crippen molar-refractivity contribution in [3.05, 3.63) is 23.9 Å². The Kier molecular flexibility index (Phi) is 3.54. The summed E-state index contributed by atoms with van der Waals surface area (Å²) >= 11 is 0. The maximum Gasteiger partial charge on any atom is 0.419 e. The van der Waals surface area contributed by atoms with Gasteiger partial charge in [-0.1, -0.05) is 0 Å². The number of carboxylic acids is 1. The van der Waals surface area contributed by atoms with Crippen molar-refractivity contribution in [2.75, 3.05) is 11.9 Å². The number of carboxylic acid groups (broad SMARTS) is 1. The number of anilines is 1. The molecule has 0 unspecified atom stereocenters. The molecule has 4 nitrogen and oxygen atoms in total. The maximum absolute atomic E-state index is 12.8. The van der Waals surface area contributed by atoms with E-state index in [0.29, 0.717) is 0 Å². The van der Waals surface area contributed by atoms with Gasteiger partial charge in [0.15, 0.2) is 0 Å². The lowest BCUT2D eigenvalue weighted by Crippen LogP contribution is -2.49. The summed E-state index contributed by atoms with van der Waals surface area (Å²) in [6, 6.07) is 2.03. The van der Waals surface area contributed by atoms with E-state index in [-0.39, 0.29) is 0 Å². The standard InChI is InChI=1S/C11H13F3N2O2/c1-10(2,9(17)18)16(3)8-7(11(12,13)14)5-4-6-15-8/h4-6H,1-3H3,(H,17,18). The molecular formula is C11H13F3N2O2. The minimum atomic E-state index is -4.58. The van der Waals surface area contributed by atoms with Gasteiger partial charge in [0.25, 0.3) is 0 Å². The third kappa shape index (κ3) is 2.55. The lowest BCUT2D eigenvalue weighted by atomic mass is 10.0. The van der Waals surface area contributed by atoms with Crippen molar-refractivity contribution in [3.63, 3.8) is 0 Å². The Labute approximate surface area is 102 Å². The topological polar surface area (TPSA) is 53.4 Å². The summed E-state index contributed by atoms with van der Waals surface area (Å²) < 4.78 is 38.4. The van der Waals surface area contributed by atoms with Gasteiger partial charge in [-0.05, 0) is 26.0 Å². The molecule has 0 bridgehead atoms. The van der Waals surface area contributed by atoms with Crippen LogP contribution >= 0.6 is 0 Å². The number of aromatic nitrogens is 1. The highest BCUT2D eigenvalue weighted by Crippen LogP contribution is 2.36. The molecule has 7 heteroatoms. The molecular weight excluding hydrogens is 249 g/mol. The van der Waals surface area contributed by atoms with Crippen LogP contribution in [0.25, 0.3) is 0 Å². The summed E-state index contributed by atoms with van der Waals surface area (Å²) in [7, 11) is 1.27. The van der Waals surface area contributed by atoms with Gasteiger partial charge in [0.2, 0.25) is 0 Å². The molecule has 0 radical (unpaired) electrons. The number of likely N-dealkylation sites (N-methyl/N-ethyl adjacent to an activating group) is 1. The fraction of sp³-hybridized carbons (Fsp3) is 0.455. The van der Waals surface area contributed by atoms with Crippen molar-refractivity contribution in [3.8, 4) is 0 Å². The van der Waals surface area contributed by atoms with E-state index in [1.54, 1.807) is 0 Å². The fourth-order valence-corrected chi connectivity index (χ4v) is 1.29. The molecule has 1 rings (SSSR count). The molecule has 0 spiro atoms. The average molecular weight is 262 g/mol. The molecule has 1 N–H and O–H groups in total. The number of pyridine rings is 1. The first-order valence-electron chi connectivity index (χ1n) is 5.08. The Morgan fingerprint density at radius 2 is 1.94 bits per heavy atom. The summed E-state index contributed by atoms with van der Waals surface area (Å²) in [6.45, 7) is 2.62. The highest BCUT2D eigenvalue weighted by atomic mass is 19.4. The number of carbonyl (C=O) groups is 1. The molecule has 0 aliphatic carbocycles. The predicted molar refractivity (Wildman–Crippen MR) is 59.4 cm³/mol. The van der Waals surface area contributed by atoms with Crippen molar-refractivity contribution >= 4 is 11.8 Å². The molecule has 100 valence electrons. The van der Waals surface area contributed by atoms with Crippen LogP contribution in [0.2, 0.25) is 0 Å². The Balaban J connectivity index is 3.31. The zero-order chi connectivity index (χ0) is 14.1. The predicted octanol–water partition coefficient (Wildman–Crippen LogP) is 2.40. The van der Waals surface area contributed by atoms with Gasteiger partial charge in [-0.15, -0.1) is 0 Å². The van der Waals surface area contributed by atoms with Gasteiger partial charge in [-0.3, -0.25) is 0 Å². The quantitative estimate of drug-likeness (QED) is 0.908. The van der Waals surface area contributed by atoms with Gasteiger partial charge in [0.05, 0.1) is 5.56 Å².